The lowest BCUT2D eigenvalue weighted by Gasteiger charge is -2.12. The lowest BCUT2D eigenvalue weighted by molar-refractivity contribution is 0.0804. The Kier molecular flexibility index (Phi) is 4.10. The summed E-state index contributed by atoms with van der Waals surface area (Å²) in [5, 5.41) is 28.4. The van der Waals surface area contributed by atoms with E-state index in [0.717, 1.165) is 0 Å². The van der Waals surface area contributed by atoms with Crippen molar-refractivity contribution >= 4 is 16.8 Å². The van der Waals surface area contributed by atoms with Gasteiger partial charge in [-0.25, -0.2) is 4.98 Å². The number of phenolic OH excluding ortho intramolecular Hbond substituents is 1. The van der Waals surface area contributed by atoms with Gasteiger partial charge in [-0.15, -0.1) is 0 Å². The minimum atomic E-state index is -0.997. The molecule has 0 saturated carbocycles. The number of aliphatic hydroxyl groups is 2. The second-order valence-corrected chi connectivity index (χ2v) is 5.25. The maximum Gasteiger partial charge on any atom is 0.228 e. The van der Waals surface area contributed by atoms with E-state index in [4.69, 9.17) is 5.11 Å². The molecule has 6 heteroatoms. The van der Waals surface area contributed by atoms with Crippen LogP contribution < -0.4 is 0 Å². The molecule has 0 fully saturated rings. The van der Waals surface area contributed by atoms with Gasteiger partial charge in [0.15, 0.2) is 5.82 Å². The molecule has 6 nitrogen and oxygen atoms in total. The fraction of sp³-hybridized carbons (Fsp3) is 0.176. The predicted molar refractivity (Wildman–Crippen MR) is 84.4 cm³/mol. The van der Waals surface area contributed by atoms with Crippen LogP contribution in [0, 0.1) is 0 Å². The van der Waals surface area contributed by atoms with Crippen molar-refractivity contribution in [2.75, 3.05) is 6.61 Å². The van der Waals surface area contributed by atoms with Gasteiger partial charge in [0.1, 0.15) is 5.75 Å². The van der Waals surface area contributed by atoms with E-state index in [1.54, 1.807) is 28.8 Å². The van der Waals surface area contributed by atoms with Gasteiger partial charge in [0.05, 0.1) is 30.3 Å². The van der Waals surface area contributed by atoms with Crippen LogP contribution in [0.4, 0.5) is 0 Å². The maximum absolute atomic E-state index is 12.7. The third-order valence-corrected chi connectivity index (χ3v) is 3.57. The number of ketones is 1. The van der Waals surface area contributed by atoms with Gasteiger partial charge in [0.25, 0.3) is 0 Å². The number of carbonyl (C=O) groups excluding carboxylic acids is 1. The normalized spacial score (nSPS) is 12.4. The second kappa shape index (κ2) is 6.20. The first kappa shape index (κ1) is 15.2. The van der Waals surface area contributed by atoms with E-state index >= 15 is 0 Å². The van der Waals surface area contributed by atoms with E-state index in [-0.39, 0.29) is 23.9 Å². The number of benzene rings is 2. The molecule has 118 valence electrons. The third kappa shape index (κ3) is 2.94. The lowest BCUT2D eigenvalue weighted by atomic mass is 10.1. The van der Waals surface area contributed by atoms with Crippen molar-refractivity contribution in [3.63, 3.8) is 0 Å². The molecule has 3 rings (SSSR count). The van der Waals surface area contributed by atoms with Crippen molar-refractivity contribution < 1.29 is 20.1 Å². The zero-order valence-corrected chi connectivity index (χ0v) is 12.3. The fourth-order valence-corrected chi connectivity index (χ4v) is 2.48. The monoisotopic (exact) mass is 312 g/mol. The molecule has 0 aliphatic rings. The molecule has 2 aromatic carbocycles. The van der Waals surface area contributed by atoms with E-state index in [1.807, 2.05) is 12.1 Å². The summed E-state index contributed by atoms with van der Waals surface area (Å²) in [6.45, 7) is -0.358. The number of aliphatic hydroxyl groups excluding tert-OH is 2. The molecule has 23 heavy (non-hydrogen) atoms. The topological polar surface area (TPSA) is 95.6 Å². The predicted octanol–water partition coefficient (Wildman–Crippen LogP) is 1.33. The highest BCUT2D eigenvalue weighted by atomic mass is 16.3. The quantitative estimate of drug-likeness (QED) is 0.618. The van der Waals surface area contributed by atoms with Gasteiger partial charge in [-0.3, -0.25) is 4.79 Å². The molecule has 0 aliphatic heterocycles. The van der Waals surface area contributed by atoms with E-state index in [2.05, 4.69) is 4.98 Å². The number of fused-ring (bicyclic) bond motifs is 1. The Morgan fingerprint density at radius 1 is 1.17 bits per heavy atom. The molecule has 3 aromatic rings. The van der Waals surface area contributed by atoms with Crippen molar-refractivity contribution in [2.24, 2.45) is 0 Å². The summed E-state index contributed by atoms with van der Waals surface area (Å²) in [4.78, 5) is 17.1. The number of aromatic nitrogens is 2. The number of para-hydroxylation sites is 2. The molecule has 0 spiro atoms. The standard InChI is InChI=1S/C17H16N2O4/c20-10-13(22)9-19-15-7-2-1-6-14(15)18-17(19)16(23)11-4-3-5-12(21)8-11/h1-8,13,20-22H,9-10H2. The average molecular weight is 312 g/mol. The fourth-order valence-electron chi connectivity index (χ4n) is 2.48. The van der Waals surface area contributed by atoms with Crippen LogP contribution in [-0.2, 0) is 6.54 Å². The SMILES string of the molecule is O=C(c1cccc(O)c1)c1nc2ccccc2n1CC(O)CO. The summed E-state index contributed by atoms with van der Waals surface area (Å²) < 4.78 is 1.59. The van der Waals surface area contributed by atoms with E-state index in [9.17, 15) is 15.0 Å². The highest BCUT2D eigenvalue weighted by Gasteiger charge is 2.20. The molecule has 0 saturated heterocycles. The Balaban J connectivity index is 2.12. The van der Waals surface area contributed by atoms with E-state index in [0.29, 0.717) is 16.6 Å². The molecule has 1 unspecified atom stereocenters. The largest absolute Gasteiger partial charge is 0.508 e. The first-order valence-corrected chi connectivity index (χ1v) is 7.18. The van der Waals surface area contributed by atoms with Gasteiger partial charge in [-0.2, -0.15) is 0 Å². The van der Waals surface area contributed by atoms with Crippen LogP contribution >= 0.6 is 0 Å². The van der Waals surface area contributed by atoms with E-state index in [1.165, 1.54) is 12.1 Å². The molecule has 1 atom stereocenters. The number of imidazole rings is 1. The number of hydrogen-bond acceptors (Lipinski definition) is 5. The first-order valence-electron chi connectivity index (χ1n) is 7.18. The maximum atomic E-state index is 12.7. The molecule has 1 heterocycles. The Morgan fingerprint density at radius 2 is 1.96 bits per heavy atom. The van der Waals surface area contributed by atoms with Crippen LogP contribution in [0.1, 0.15) is 16.2 Å². The number of nitrogens with zero attached hydrogens (tertiary/aromatic N) is 2. The summed E-state index contributed by atoms with van der Waals surface area (Å²) in [5.74, 6) is -0.208. The van der Waals surface area contributed by atoms with Crippen molar-refractivity contribution in [1.29, 1.82) is 0 Å². The summed E-state index contributed by atoms with van der Waals surface area (Å²) in [6, 6.07) is 13.2. The van der Waals surface area contributed by atoms with Gasteiger partial charge < -0.3 is 19.9 Å². The van der Waals surface area contributed by atoms with Crippen molar-refractivity contribution in [3.8, 4) is 5.75 Å². The summed E-state index contributed by atoms with van der Waals surface area (Å²) >= 11 is 0. The van der Waals surface area contributed by atoms with Gasteiger partial charge in [-0.05, 0) is 24.3 Å². The van der Waals surface area contributed by atoms with Gasteiger partial charge >= 0.3 is 0 Å². The van der Waals surface area contributed by atoms with E-state index < -0.39 is 12.7 Å². The minimum Gasteiger partial charge on any atom is -0.508 e. The Hall–Kier alpha value is -2.70. The lowest BCUT2D eigenvalue weighted by Crippen LogP contribution is -2.23. The second-order valence-electron chi connectivity index (χ2n) is 5.25. The molecular weight excluding hydrogens is 296 g/mol. The number of phenols is 1. The van der Waals surface area contributed by atoms with Gasteiger partial charge in [0, 0.05) is 5.56 Å². The zero-order chi connectivity index (χ0) is 16.4. The van der Waals surface area contributed by atoms with Crippen molar-refractivity contribution in [3.05, 3.63) is 59.9 Å². The minimum absolute atomic E-state index is 0.00564. The van der Waals surface area contributed by atoms with Gasteiger partial charge in [-0.1, -0.05) is 24.3 Å². The molecule has 0 radical (unpaired) electrons. The Bertz CT molecular complexity index is 857. The van der Waals surface area contributed by atoms with Crippen LogP contribution in [0.15, 0.2) is 48.5 Å². The number of aromatic hydroxyl groups is 1. The summed E-state index contributed by atoms with van der Waals surface area (Å²) in [5.41, 5.74) is 1.63. The highest BCUT2D eigenvalue weighted by Crippen LogP contribution is 2.20. The van der Waals surface area contributed by atoms with Crippen molar-refractivity contribution in [2.45, 2.75) is 12.6 Å². The number of rotatable bonds is 5. The molecule has 0 amide bonds. The summed E-state index contributed by atoms with van der Waals surface area (Å²) in [7, 11) is 0. The number of carbonyl (C=O) groups is 1. The Labute approximate surface area is 132 Å². The smallest absolute Gasteiger partial charge is 0.228 e. The average Bonchev–Trinajstić information content (AvgIpc) is 2.92. The molecular formula is C17H16N2O4. The molecule has 1 aromatic heterocycles. The molecule has 3 N–H and O–H groups in total. The highest BCUT2D eigenvalue weighted by molar-refractivity contribution is 6.08. The van der Waals surface area contributed by atoms with Crippen LogP contribution in [0.5, 0.6) is 5.75 Å². The number of hydrogen-bond donors (Lipinski definition) is 3. The molecule has 0 aliphatic carbocycles. The third-order valence-electron chi connectivity index (χ3n) is 3.57. The zero-order valence-electron chi connectivity index (χ0n) is 12.3. The molecule has 0 bridgehead atoms. The first-order chi connectivity index (χ1) is 11.1. The van der Waals surface area contributed by atoms with Crippen LogP contribution in [0.25, 0.3) is 11.0 Å². The van der Waals surface area contributed by atoms with Crippen molar-refractivity contribution in [1.82, 2.24) is 9.55 Å². The van der Waals surface area contributed by atoms with Crippen LogP contribution in [0.2, 0.25) is 0 Å². The van der Waals surface area contributed by atoms with Crippen LogP contribution in [0.3, 0.4) is 0 Å². The van der Waals surface area contributed by atoms with Crippen LogP contribution in [-0.4, -0.2) is 43.4 Å². The van der Waals surface area contributed by atoms with Gasteiger partial charge in [0.2, 0.25) is 5.78 Å². The Morgan fingerprint density at radius 3 is 2.70 bits per heavy atom. The summed E-state index contributed by atoms with van der Waals surface area (Å²) in [6.07, 6.45) is -0.997.